The number of thioether (sulfide) groups is 1. The summed E-state index contributed by atoms with van der Waals surface area (Å²) in [6.07, 6.45) is 0. The number of urea groups is 1. The van der Waals surface area contributed by atoms with Crippen LogP contribution in [0.25, 0.3) is 0 Å². The maximum Gasteiger partial charge on any atom is 0.337 e. The number of carboxylic acids is 1. The third kappa shape index (κ3) is 3.75. The van der Waals surface area contributed by atoms with Crippen LogP contribution in [0.1, 0.15) is 10.4 Å². The van der Waals surface area contributed by atoms with E-state index < -0.39 is 5.97 Å². The second-order valence-corrected chi connectivity index (χ2v) is 6.50. The van der Waals surface area contributed by atoms with Crippen molar-refractivity contribution in [3.05, 3.63) is 27.3 Å². The third-order valence-electron chi connectivity index (χ3n) is 2.75. The summed E-state index contributed by atoms with van der Waals surface area (Å²) in [5.41, 5.74) is 0.461. The second-order valence-electron chi connectivity index (χ2n) is 4.02. The van der Waals surface area contributed by atoms with Crippen molar-refractivity contribution in [3.8, 4) is 0 Å². The number of benzene rings is 1. The van der Waals surface area contributed by atoms with Crippen molar-refractivity contribution in [3.63, 3.8) is 0 Å². The number of halogens is 1. The van der Waals surface area contributed by atoms with Crippen LogP contribution in [0.4, 0.5) is 10.5 Å². The molecule has 1 aromatic carbocycles. The van der Waals surface area contributed by atoms with Gasteiger partial charge in [-0.1, -0.05) is 0 Å². The van der Waals surface area contributed by atoms with E-state index in [-0.39, 0.29) is 11.6 Å². The van der Waals surface area contributed by atoms with E-state index in [1.165, 1.54) is 0 Å². The molecule has 2 N–H and O–H groups in total. The number of aromatic carboxylic acids is 1. The molecule has 1 saturated heterocycles. The molecule has 0 atom stereocenters. The fraction of sp³-hybridized carbons (Fsp3) is 0.333. The maximum absolute atomic E-state index is 12.0. The Morgan fingerprint density at radius 1 is 1.32 bits per heavy atom. The van der Waals surface area contributed by atoms with E-state index in [1.807, 2.05) is 34.4 Å². The van der Waals surface area contributed by atoms with Gasteiger partial charge < -0.3 is 15.3 Å². The van der Waals surface area contributed by atoms with E-state index in [2.05, 4.69) is 5.32 Å². The Morgan fingerprint density at radius 3 is 2.63 bits per heavy atom. The molecule has 0 aromatic heterocycles. The van der Waals surface area contributed by atoms with Crippen molar-refractivity contribution >= 4 is 52.0 Å². The van der Waals surface area contributed by atoms with Crippen molar-refractivity contribution in [2.75, 3.05) is 29.9 Å². The van der Waals surface area contributed by atoms with Crippen LogP contribution >= 0.6 is 34.4 Å². The number of carboxylic acid groups (broad SMARTS) is 1. The van der Waals surface area contributed by atoms with Crippen LogP contribution in [0.15, 0.2) is 18.2 Å². The number of hydrogen-bond acceptors (Lipinski definition) is 3. The topological polar surface area (TPSA) is 69.6 Å². The summed E-state index contributed by atoms with van der Waals surface area (Å²) >= 11 is 3.86. The average molecular weight is 392 g/mol. The molecule has 19 heavy (non-hydrogen) atoms. The predicted molar refractivity (Wildman–Crippen MR) is 84.0 cm³/mol. The molecule has 0 aliphatic carbocycles. The van der Waals surface area contributed by atoms with Crippen LogP contribution in [-0.4, -0.2) is 46.6 Å². The van der Waals surface area contributed by atoms with Gasteiger partial charge in [0.25, 0.3) is 0 Å². The molecule has 5 nitrogen and oxygen atoms in total. The summed E-state index contributed by atoms with van der Waals surface area (Å²) in [7, 11) is 0. The first-order valence-electron chi connectivity index (χ1n) is 5.74. The minimum absolute atomic E-state index is 0.117. The summed E-state index contributed by atoms with van der Waals surface area (Å²) in [6.45, 7) is 1.40. The van der Waals surface area contributed by atoms with E-state index >= 15 is 0 Å². The number of carbonyl (C=O) groups excluding carboxylic acids is 1. The summed E-state index contributed by atoms with van der Waals surface area (Å²) in [6, 6.07) is 4.71. The third-order valence-corrected chi connectivity index (χ3v) is 4.37. The smallest absolute Gasteiger partial charge is 0.337 e. The molecule has 2 amide bonds. The van der Waals surface area contributed by atoms with Crippen molar-refractivity contribution in [1.82, 2.24) is 4.90 Å². The first-order valence-corrected chi connectivity index (χ1v) is 7.98. The molecule has 0 radical (unpaired) electrons. The number of carbonyl (C=O) groups is 2. The van der Waals surface area contributed by atoms with Gasteiger partial charge in [-0.25, -0.2) is 9.59 Å². The minimum atomic E-state index is -1.04. The van der Waals surface area contributed by atoms with Crippen molar-refractivity contribution in [2.24, 2.45) is 0 Å². The Balaban J connectivity index is 2.13. The number of amides is 2. The monoisotopic (exact) mass is 392 g/mol. The first-order chi connectivity index (χ1) is 9.08. The fourth-order valence-corrected chi connectivity index (χ4v) is 3.16. The molecular formula is C12H13IN2O3S. The molecule has 0 saturated carbocycles. The Labute approximate surface area is 128 Å². The first kappa shape index (κ1) is 14.4. The Kier molecular flexibility index (Phi) is 4.92. The highest BCUT2D eigenvalue weighted by Gasteiger charge is 2.19. The van der Waals surface area contributed by atoms with E-state index in [0.717, 1.165) is 15.1 Å². The van der Waals surface area contributed by atoms with Crippen LogP contribution in [0.2, 0.25) is 0 Å². The second kappa shape index (κ2) is 6.47. The summed E-state index contributed by atoms with van der Waals surface area (Å²) in [5, 5.41) is 11.8. The van der Waals surface area contributed by atoms with Gasteiger partial charge in [0.1, 0.15) is 0 Å². The SMILES string of the molecule is O=C(O)c1cc(I)ccc1NC(=O)N1CCSCC1. The zero-order valence-corrected chi connectivity index (χ0v) is 13.0. The quantitative estimate of drug-likeness (QED) is 0.760. The average Bonchev–Trinajstić information content (AvgIpc) is 2.41. The van der Waals surface area contributed by atoms with E-state index in [1.54, 1.807) is 23.1 Å². The van der Waals surface area contributed by atoms with Gasteiger partial charge >= 0.3 is 12.0 Å². The van der Waals surface area contributed by atoms with Crippen molar-refractivity contribution < 1.29 is 14.7 Å². The van der Waals surface area contributed by atoms with Gasteiger partial charge in [0.15, 0.2) is 0 Å². The van der Waals surface area contributed by atoms with Gasteiger partial charge in [-0.3, -0.25) is 0 Å². The molecule has 1 fully saturated rings. The molecule has 1 aliphatic rings. The Hall–Kier alpha value is -0.960. The molecule has 1 heterocycles. The van der Waals surface area contributed by atoms with Crippen LogP contribution in [0.3, 0.4) is 0 Å². The Morgan fingerprint density at radius 2 is 2.00 bits per heavy atom. The highest BCUT2D eigenvalue weighted by Crippen LogP contribution is 2.20. The largest absolute Gasteiger partial charge is 0.478 e. The summed E-state index contributed by atoms with van der Waals surface area (Å²) < 4.78 is 0.822. The van der Waals surface area contributed by atoms with Crippen LogP contribution in [0.5, 0.6) is 0 Å². The molecule has 1 aromatic rings. The van der Waals surface area contributed by atoms with Gasteiger partial charge in [0.05, 0.1) is 11.3 Å². The van der Waals surface area contributed by atoms with E-state index in [0.29, 0.717) is 18.8 Å². The lowest BCUT2D eigenvalue weighted by atomic mass is 10.2. The Bertz CT molecular complexity index is 504. The number of nitrogens with zero attached hydrogens (tertiary/aromatic N) is 1. The van der Waals surface area contributed by atoms with Gasteiger partial charge in [-0.15, -0.1) is 0 Å². The number of anilines is 1. The summed E-state index contributed by atoms with van der Waals surface area (Å²) in [4.78, 5) is 24.9. The predicted octanol–water partition coefficient (Wildman–Crippen LogP) is 2.57. The number of nitrogens with one attached hydrogen (secondary N) is 1. The highest BCUT2D eigenvalue weighted by atomic mass is 127. The van der Waals surface area contributed by atoms with E-state index in [9.17, 15) is 9.59 Å². The lowest BCUT2D eigenvalue weighted by Crippen LogP contribution is -2.40. The highest BCUT2D eigenvalue weighted by molar-refractivity contribution is 14.1. The molecule has 7 heteroatoms. The normalized spacial score (nSPS) is 15.1. The molecule has 0 spiro atoms. The van der Waals surface area contributed by atoms with Crippen LogP contribution in [-0.2, 0) is 0 Å². The van der Waals surface area contributed by atoms with Gasteiger partial charge in [-0.05, 0) is 40.8 Å². The molecule has 0 unspecified atom stereocenters. The zero-order chi connectivity index (χ0) is 13.8. The van der Waals surface area contributed by atoms with Gasteiger partial charge in [0.2, 0.25) is 0 Å². The lowest BCUT2D eigenvalue weighted by Gasteiger charge is -2.26. The van der Waals surface area contributed by atoms with Crippen LogP contribution in [0, 0.1) is 3.57 Å². The molecule has 1 aliphatic heterocycles. The van der Waals surface area contributed by atoms with Crippen molar-refractivity contribution in [2.45, 2.75) is 0 Å². The van der Waals surface area contributed by atoms with E-state index in [4.69, 9.17) is 5.11 Å². The zero-order valence-electron chi connectivity index (χ0n) is 10.1. The van der Waals surface area contributed by atoms with Crippen molar-refractivity contribution in [1.29, 1.82) is 0 Å². The molecule has 102 valence electrons. The molecular weight excluding hydrogens is 379 g/mol. The van der Waals surface area contributed by atoms with Gasteiger partial charge in [0, 0.05) is 28.2 Å². The molecule has 2 rings (SSSR count). The lowest BCUT2D eigenvalue weighted by molar-refractivity contribution is 0.0698. The minimum Gasteiger partial charge on any atom is -0.478 e. The van der Waals surface area contributed by atoms with Gasteiger partial charge in [-0.2, -0.15) is 11.8 Å². The van der Waals surface area contributed by atoms with Crippen LogP contribution < -0.4 is 5.32 Å². The number of hydrogen-bond donors (Lipinski definition) is 2. The maximum atomic E-state index is 12.0. The summed E-state index contributed by atoms with van der Waals surface area (Å²) in [5.74, 6) is 0.806. The standard InChI is InChI=1S/C12H13IN2O3S/c13-8-1-2-10(9(7-8)11(16)17)14-12(18)15-3-5-19-6-4-15/h1-2,7H,3-6H2,(H,14,18)(H,16,17). The number of rotatable bonds is 2. The fourth-order valence-electron chi connectivity index (χ4n) is 1.76. The molecule has 0 bridgehead atoms.